The zero-order valence-corrected chi connectivity index (χ0v) is 7.68. The predicted octanol–water partition coefficient (Wildman–Crippen LogP) is 0.597. The highest BCUT2D eigenvalue weighted by Crippen LogP contribution is 2.45. The Morgan fingerprint density at radius 2 is 2.14 bits per heavy atom. The maximum absolute atomic E-state index is 8.90. The second kappa shape index (κ2) is 2.80. The lowest BCUT2D eigenvalue weighted by Gasteiger charge is -2.27. The summed E-state index contributed by atoms with van der Waals surface area (Å²) < 4.78 is 16.6. The summed E-state index contributed by atoms with van der Waals surface area (Å²) in [6.45, 7) is 1.23. The number of fused-ring (bicyclic) bond motifs is 2. The van der Waals surface area contributed by atoms with Gasteiger partial charge in [-0.1, -0.05) is 6.08 Å². The monoisotopic (exact) mass is 193 g/mol. The average molecular weight is 193 g/mol. The van der Waals surface area contributed by atoms with Gasteiger partial charge in [0, 0.05) is 6.42 Å². The van der Waals surface area contributed by atoms with Gasteiger partial charge < -0.3 is 14.2 Å². The van der Waals surface area contributed by atoms with Crippen LogP contribution in [0.1, 0.15) is 6.42 Å². The molecule has 3 heterocycles. The van der Waals surface area contributed by atoms with Crippen LogP contribution in [-0.2, 0) is 14.2 Å². The van der Waals surface area contributed by atoms with Crippen LogP contribution in [0.25, 0.3) is 0 Å². The molecule has 2 fully saturated rings. The number of hydrogen-bond donors (Lipinski definition) is 0. The molecule has 0 amide bonds. The van der Waals surface area contributed by atoms with Crippen molar-refractivity contribution < 1.29 is 14.2 Å². The molecule has 3 aliphatic rings. The Balaban J connectivity index is 1.86. The summed E-state index contributed by atoms with van der Waals surface area (Å²) in [5, 5.41) is 8.90. The van der Waals surface area contributed by atoms with Crippen molar-refractivity contribution in [3.63, 3.8) is 0 Å². The Labute approximate surface area is 82.0 Å². The molecule has 0 aromatic carbocycles. The summed E-state index contributed by atoms with van der Waals surface area (Å²) in [6.07, 6.45) is 4.24. The second-order valence-electron chi connectivity index (χ2n) is 3.91. The first-order valence-electron chi connectivity index (χ1n) is 4.84. The fraction of sp³-hybridized carbons (Fsp3) is 0.700. The van der Waals surface area contributed by atoms with E-state index in [1.54, 1.807) is 0 Å². The van der Waals surface area contributed by atoms with Gasteiger partial charge in [0.25, 0.3) is 0 Å². The van der Waals surface area contributed by atoms with Gasteiger partial charge in [0.15, 0.2) is 6.29 Å². The van der Waals surface area contributed by atoms with Crippen molar-refractivity contribution in [2.45, 2.75) is 24.4 Å². The third-order valence-corrected chi connectivity index (χ3v) is 3.05. The molecule has 0 saturated carbocycles. The van der Waals surface area contributed by atoms with Crippen LogP contribution in [0.15, 0.2) is 12.2 Å². The van der Waals surface area contributed by atoms with Crippen LogP contribution in [-0.4, -0.2) is 31.2 Å². The van der Waals surface area contributed by atoms with Crippen molar-refractivity contribution in [2.75, 3.05) is 13.2 Å². The Hall–Kier alpha value is -0.890. The van der Waals surface area contributed by atoms with Crippen LogP contribution < -0.4 is 0 Å². The summed E-state index contributed by atoms with van der Waals surface area (Å²) in [5.74, 6) is -0.0483. The minimum absolute atomic E-state index is 0.0483. The lowest BCUT2D eigenvalue weighted by molar-refractivity contribution is -0.164. The van der Waals surface area contributed by atoms with E-state index in [1.165, 1.54) is 0 Å². The van der Waals surface area contributed by atoms with E-state index in [4.69, 9.17) is 19.5 Å². The van der Waals surface area contributed by atoms with E-state index in [0.29, 0.717) is 19.6 Å². The summed E-state index contributed by atoms with van der Waals surface area (Å²) in [4.78, 5) is 0. The first kappa shape index (κ1) is 8.42. The summed E-state index contributed by atoms with van der Waals surface area (Å²) >= 11 is 0. The smallest absolute Gasteiger partial charge is 0.190 e. The van der Waals surface area contributed by atoms with Crippen LogP contribution in [0.3, 0.4) is 0 Å². The topological polar surface area (TPSA) is 51.5 Å². The Morgan fingerprint density at radius 3 is 2.79 bits per heavy atom. The molecule has 2 saturated heterocycles. The molecule has 0 radical (unpaired) electrons. The molecule has 3 rings (SSSR count). The molecule has 0 N–H and O–H groups in total. The van der Waals surface area contributed by atoms with Gasteiger partial charge in [-0.05, 0) is 6.08 Å². The van der Waals surface area contributed by atoms with E-state index >= 15 is 0 Å². The third kappa shape index (κ3) is 0.976. The molecule has 3 atom stereocenters. The van der Waals surface area contributed by atoms with E-state index in [-0.39, 0.29) is 18.3 Å². The Morgan fingerprint density at radius 1 is 1.36 bits per heavy atom. The van der Waals surface area contributed by atoms with Crippen LogP contribution in [0, 0.1) is 17.2 Å². The molecular formula is C10H11NO3. The van der Waals surface area contributed by atoms with E-state index in [0.717, 1.165) is 0 Å². The van der Waals surface area contributed by atoms with Gasteiger partial charge in [-0.3, -0.25) is 0 Å². The van der Waals surface area contributed by atoms with Crippen LogP contribution in [0.4, 0.5) is 0 Å². The fourth-order valence-corrected chi connectivity index (χ4v) is 2.37. The molecule has 14 heavy (non-hydrogen) atoms. The van der Waals surface area contributed by atoms with Crippen molar-refractivity contribution in [3.05, 3.63) is 12.2 Å². The Bertz CT molecular complexity index is 316. The summed E-state index contributed by atoms with van der Waals surface area (Å²) in [6, 6.07) is 2.26. The highest BCUT2D eigenvalue weighted by Gasteiger charge is 2.55. The first-order chi connectivity index (χ1) is 6.84. The van der Waals surface area contributed by atoms with Gasteiger partial charge in [-0.2, -0.15) is 5.26 Å². The van der Waals surface area contributed by atoms with Crippen LogP contribution >= 0.6 is 0 Å². The fourth-order valence-electron chi connectivity index (χ4n) is 2.37. The highest BCUT2D eigenvalue weighted by molar-refractivity contribution is 5.24. The maximum atomic E-state index is 8.90. The molecule has 2 bridgehead atoms. The van der Waals surface area contributed by atoms with Gasteiger partial charge in [-0.15, -0.1) is 0 Å². The zero-order valence-electron chi connectivity index (χ0n) is 7.68. The highest BCUT2D eigenvalue weighted by atomic mass is 16.7. The molecule has 0 spiro atoms. The number of nitrogens with zero attached hydrogens (tertiary/aromatic N) is 1. The zero-order chi connectivity index (χ0) is 9.60. The molecule has 3 unspecified atom stereocenters. The number of nitriles is 1. The first-order valence-corrected chi connectivity index (χ1v) is 4.84. The molecule has 0 aromatic rings. The maximum Gasteiger partial charge on any atom is 0.190 e. The van der Waals surface area contributed by atoms with Crippen molar-refractivity contribution in [3.8, 4) is 6.07 Å². The van der Waals surface area contributed by atoms with Crippen molar-refractivity contribution >= 4 is 0 Å². The molecule has 74 valence electrons. The molecule has 0 aliphatic carbocycles. The lowest BCUT2D eigenvalue weighted by Crippen LogP contribution is -2.39. The van der Waals surface area contributed by atoms with Gasteiger partial charge in [0.1, 0.15) is 5.60 Å². The van der Waals surface area contributed by atoms with Crippen molar-refractivity contribution in [1.29, 1.82) is 5.26 Å². The van der Waals surface area contributed by atoms with E-state index in [2.05, 4.69) is 6.07 Å². The van der Waals surface area contributed by atoms with Crippen LogP contribution in [0.5, 0.6) is 0 Å². The largest absolute Gasteiger partial charge is 0.357 e. The SMILES string of the molecule is N#CC1CC2(C3OCCO3)C=CC1O2. The van der Waals surface area contributed by atoms with E-state index < -0.39 is 5.60 Å². The quantitative estimate of drug-likeness (QED) is 0.572. The average Bonchev–Trinajstić information content (AvgIpc) is 2.92. The number of rotatable bonds is 1. The Kier molecular flexibility index (Phi) is 1.68. The molecule has 3 aliphatic heterocycles. The molecule has 4 nitrogen and oxygen atoms in total. The van der Waals surface area contributed by atoms with Crippen molar-refractivity contribution in [1.82, 2.24) is 0 Å². The van der Waals surface area contributed by atoms with Crippen LogP contribution in [0.2, 0.25) is 0 Å². The van der Waals surface area contributed by atoms with Gasteiger partial charge in [0.2, 0.25) is 0 Å². The van der Waals surface area contributed by atoms with Gasteiger partial charge in [-0.25, -0.2) is 0 Å². The van der Waals surface area contributed by atoms with E-state index in [1.807, 2.05) is 12.2 Å². The minimum atomic E-state index is -0.485. The lowest BCUT2D eigenvalue weighted by atomic mass is 9.87. The van der Waals surface area contributed by atoms with Crippen molar-refractivity contribution in [2.24, 2.45) is 5.92 Å². The second-order valence-corrected chi connectivity index (χ2v) is 3.91. The molecule has 0 aromatic heterocycles. The standard InChI is InChI=1S/C10H11NO3/c11-6-7-5-10(2-1-8(7)14-10)9-12-3-4-13-9/h1-2,7-9H,3-5H2. The molecule has 4 heteroatoms. The predicted molar refractivity (Wildman–Crippen MR) is 46.2 cm³/mol. The normalized spacial score (nSPS) is 45.9. The van der Waals surface area contributed by atoms with Gasteiger partial charge >= 0.3 is 0 Å². The number of hydrogen-bond acceptors (Lipinski definition) is 4. The van der Waals surface area contributed by atoms with E-state index in [9.17, 15) is 0 Å². The minimum Gasteiger partial charge on any atom is -0.357 e. The third-order valence-electron chi connectivity index (χ3n) is 3.05. The molecular weight excluding hydrogens is 182 g/mol. The van der Waals surface area contributed by atoms with Gasteiger partial charge in [0.05, 0.1) is 31.3 Å². The summed E-state index contributed by atoms with van der Waals surface area (Å²) in [5.41, 5.74) is -0.485. The summed E-state index contributed by atoms with van der Waals surface area (Å²) in [7, 11) is 0. The number of ether oxygens (including phenoxy) is 3.